The van der Waals surface area contributed by atoms with Crippen LogP contribution in [-0.2, 0) is 14.3 Å². The van der Waals surface area contributed by atoms with Crippen LogP contribution in [0.3, 0.4) is 0 Å². The Bertz CT molecular complexity index is 367. The highest BCUT2D eigenvalue weighted by molar-refractivity contribution is 5.80. The number of carbonyl (C=O) groups is 2. The number of likely N-dealkylation sites (N-methyl/N-ethyl adjacent to an activating group) is 1. The van der Waals surface area contributed by atoms with E-state index in [4.69, 9.17) is 4.74 Å². The lowest BCUT2D eigenvalue weighted by Crippen LogP contribution is -2.39. The second-order valence-corrected chi connectivity index (χ2v) is 6.25. The van der Waals surface area contributed by atoms with Crippen LogP contribution in [0.15, 0.2) is 0 Å². The third-order valence-electron chi connectivity index (χ3n) is 4.25. The van der Waals surface area contributed by atoms with Crippen LogP contribution in [-0.4, -0.2) is 86.5 Å². The first-order valence-electron chi connectivity index (χ1n) is 7.84. The second-order valence-electron chi connectivity index (χ2n) is 6.25. The summed E-state index contributed by atoms with van der Waals surface area (Å²) >= 11 is 0. The van der Waals surface area contributed by atoms with E-state index in [2.05, 4.69) is 4.90 Å². The lowest BCUT2D eigenvalue weighted by atomic mass is 10.0. The fourth-order valence-corrected chi connectivity index (χ4v) is 2.79. The molecule has 2 rings (SSSR count). The monoisotopic (exact) mass is 297 g/mol. The van der Waals surface area contributed by atoms with Crippen LogP contribution < -0.4 is 0 Å². The van der Waals surface area contributed by atoms with E-state index in [1.165, 1.54) is 0 Å². The van der Waals surface area contributed by atoms with Crippen molar-refractivity contribution in [3.63, 3.8) is 0 Å². The fourth-order valence-electron chi connectivity index (χ4n) is 2.79. The maximum absolute atomic E-state index is 12.3. The maximum atomic E-state index is 12.3. The zero-order valence-corrected chi connectivity index (χ0v) is 13.2. The first-order valence-corrected chi connectivity index (χ1v) is 7.84. The molecule has 0 aromatic carbocycles. The van der Waals surface area contributed by atoms with Gasteiger partial charge in [-0.25, -0.2) is 0 Å². The van der Waals surface area contributed by atoms with Crippen LogP contribution in [0.2, 0.25) is 0 Å². The molecule has 0 aromatic heterocycles. The van der Waals surface area contributed by atoms with Gasteiger partial charge in [0.25, 0.3) is 0 Å². The first-order chi connectivity index (χ1) is 10.1. The number of rotatable bonds is 5. The molecule has 0 saturated carbocycles. The predicted octanol–water partition coefficient (Wildman–Crippen LogP) is 0.0355. The van der Waals surface area contributed by atoms with Gasteiger partial charge in [-0.3, -0.25) is 9.59 Å². The average molecular weight is 297 g/mol. The van der Waals surface area contributed by atoms with E-state index in [0.29, 0.717) is 45.0 Å². The molecule has 2 aliphatic rings. The quantitative estimate of drug-likeness (QED) is 0.719. The molecule has 0 radical (unpaired) electrons. The van der Waals surface area contributed by atoms with E-state index in [9.17, 15) is 9.59 Å². The lowest BCUT2D eigenvalue weighted by molar-refractivity contribution is -0.132. The van der Waals surface area contributed by atoms with Gasteiger partial charge >= 0.3 is 0 Å². The van der Waals surface area contributed by atoms with E-state index < -0.39 is 0 Å². The molecule has 0 unspecified atom stereocenters. The second kappa shape index (κ2) is 7.75. The molecule has 6 heteroatoms. The molecule has 0 N–H and O–H groups in total. The van der Waals surface area contributed by atoms with Gasteiger partial charge in [-0.1, -0.05) is 0 Å². The summed E-state index contributed by atoms with van der Waals surface area (Å²) < 4.78 is 5.32. The Balaban J connectivity index is 1.81. The summed E-state index contributed by atoms with van der Waals surface area (Å²) in [5.74, 6) is 0.699. The van der Waals surface area contributed by atoms with Crippen LogP contribution in [0.5, 0.6) is 0 Å². The van der Waals surface area contributed by atoms with Gasteiger partial charge in [-0.05, 0) is 26.4 Å². The van der Waals surface area contributed by atoms with Crippen molar-refractivity contribution < 1.29 is 14.3 Å². The standard InChI is InChI=1S/C15H27N3O3/c1-16(2)6-7-18-9-8-17(5-3-14(18)19)15(20)11-13-4-10-21-12-13/h13H,3-12H2,1-2H3/t13-/m0/s1. The molecule has 6 nitrogen and oxygen atoms in total. The highest BCUT2D eigenvalue weighted by atomic mass is 16.5. The number of amides is 2. The molecule has 2 fully saturated rings. The molecular weight excluding hydrogens is 270 g/mol. The van der Waals surface area contributed by atoms with Crippen molar-refractivity contribution in [3.05, 3.63) is 0 Å². The van der Waals surface area contributed by atoms with Crippen molar-refractivity contribution >= 4 is 11.8 Å². The van der Waals surface area contributed by atoms with Crippen LogP contribution in [0.4, 0.5) is 0 Å². The highest BCUT2D eigenvalue weighted by Crippen LogP contribution is 2.18. The molecule has 0 aromatic rings. The molecule has 0 bridgehead atoms. The van der Waals surface area contributed by atoms with Crippen LogP contribution in [0, 0.1) is 5.92 Å². The van der Waals surface area contributed by atoms with Crippen molar-refractivity contribution in [1.82, 2.24) is 14.7 Å². The minimum Gasteiger partial charge on any atom is -0.381 e. The summed E-state index contributed by atoms with van der Waals surface area (Å²) in [5, 5.41) is 0. The van der Waals surface area contributed by atoms with E-state index in [0.717, 1.165) is 26.1 Å². The van der Waals surface area contributed by atoms with Gasteiger partial charge in [-0.15, -0.1) is 0 Å². The van der Waals surface area contributed by atoms with Gasteiger partial charge < -0.3 is 19.4 Å². The predicted molar refractivity (Wildman–Crippen MR) is 79.9 cm³/mol. The van der Waals surface area contributed by atoms with Gasteiger partial charge in [0.1, 0.15) is 0 Å². The third kappa shape index (κ3) is 4.97. The molecule has 1 atom stereocenters. The number of nitrogens with zero attached hydrogens (tertiary/aromatic N) is 3. The zero-order valence-electron chi connectivity index (χ0n) is 13.2. The minimum atomic E-state index is 0.163. The average Bonchev–Trinajstić information content (AvgIpc) is 2.86. The number of hydrogen-bond acceptors (Lipinski definition) is 4. The number of hydrogen-bond donors (Lipinski definition) is 0. The van der Waals surface area contributed by atoms with Crippen LogP contribution in [0.25, 0.3) is 0 Å². The Kier molecular flexibility index (Phi) is 5.99. The van der Waals surface area contributed by atoms with Crippen molar-refractivity contribution in [2.45, 2.75) is 19.3 Å². The summed E-state index contributed by atoms with van der Waals surface area (Å²) in [6.07, 6.45) is 1.99. The normalized spacial score (nSPS) is 23.8. The van der Waals surface area contributed by atoms with Crippen molar-refractivity contribution in [2.75, 3.05) is 60.0 Å². The van der Waals surface area contributed by atoms with E-state index in [-0.39, 0.29) is 11.8 Å². The molecule has 0 aliphatic carbocycles. The summed E-state index contributed by atoms with van der Waals surface area (Å²) in [4.78, 5) is 30.2. The highest BCUT2D eigenvalue weighted by Gasteiger charge is 2.26. The smallest absolute Gasteiger partial charge is 0.224 e. The lowest BCUT2D eigenvalue weighted by Gasteiger charge is -2.24. The fraction of sp³-hybridized carbons (Fsp3) is 0.867. The molecule has 21 heavy (non-hydrogen) atoms. The molecule has 2 amide bonds. The Morgan fingerprint density at radius 2 is 2.14 bits per heavy atom. The van der Waals surface area contributed by atoms with Gasteiger partial charge in [0.2, 0.25) is 11.8 Å². The Morgan fingerprint density at radius 3 is 2.81 bits per heavy atom. The van der Waals surface area contributed by atoms with Crippen molar-refractivity contribution in [2.24, 2.45) is 5.92 Å². The van der Waals surface area contributed by atoms with Gasteiger partial charge in [0.05, 0.1) is 0 Å². The van der Waals surface area contributed by atoms with Crippen LogP contribution >= 0.6 is 0 Å². The van der Waals surface area contributed by atoms with Gasteiger partial charge in [0, 0.05) is 58.8 Å². The van der Waals surface area contributed by atoms with E-state index in [1.54, 1.807) is 0 Å². The molecule has 2 heterocycles. The molecule has 2 saturated heterocycles. The summed E-state index contributed by atoms with van der Waals surface area (Å²) in [7, 11) is 4.00. The molecule has 0 spiro atoms. The molecule has 120 valence electrons. The Labute approximate surface area is 127 Å². The topological polar surface area (TPSA) is 53.1 Å². The third-order valence-corrected chi connectivity index (χ3v) is 4.25. The first kappa shape index (κ1) is 16.2. The summed E-state index contributed by atoms with van der Waals surface area (Å²) in [6.45, 7) is 4.94. The van der Waals surface area contributed by atoms with E-state index >= 15 is 0 Å². The summed E-state index contributed by atoms with van der Waals surface area (Å²) in [6, 6.07) is 0. The van der Waals surface area contributed by atoms with Crippen molar-refractivity contribution in [1.29, 1.82) is 0 Å². The maximum Gasteiger partial charge on any atom is 0.224 e. The van der Waals surface area contributed by atoms with Gasteiger partial charge in [0.15, 0.2) is 0 Å². The SMILES string of the molecule is CN(C)CCN1CCN(C(=O)C[C@@H]2CCOC2)CCC1=O. The largest absolute Gasteiger partial charge is 0.381 e. The van der Waals surface area contributed by atoms with E-state index in [1.807, 2.05) is 23.9 Å². The van der Waals surface area contributed by atoms with Crippen LogP contribution in [0.1, 0.15) is 19.3 Å². The number of carbonyl (C=O) groups excluding carboxylic acids is 2. The molecular formula is C15H27N3O3. The summed E-state index contributed by atoms with van der Waals surface area (Å²) in [5.41, 5.74) is 0. The van der Waals surface area contributed by atoms with Crippen molar-refractivity contribution in [3.8, 4) is 0 Å². The number of ether oxygens (including phenoxy) is 1. The minimum absolute atomic E-state index is 0.163. The van der Waals surface area contributed by atoms with Gasteiger partial charge in [-0.2, -0.15) is 0 Å². The Hall–Kier alpha value is -1.14. The molecule has 2 aliphatic heterocycles. The zero-order chi connectivity index (χ0) is 15.2. The Morgan fingerprint density at radius 1 is 1.33 bits per heavy atom.